The molecule has 22 heavy (non-hydrogen) atoms. The van der Waals surface area contributed by atoms with Gasteiger partial charge in [0.15, 0.2) is 11.2 Å². The van der Waals surface area contributed by atoms with Crippen LogP contribution in [0, 0.1) is 6.92 Å². The molecule has 118 valence electrons. The molecular formula is C16H20N2O3S. The molecule has 0 radical (unpaired) electrons. The average Bonchev–Trinajstić information content (AvgIpc) is 2.94. The molecule has 5 nitrogen and oxygen atoms in total. The van der Waals surface area contributed by atoms with Gasteiger partial charge in [-0.3, -0.25) is 9.69 Å². The topological polar surface area (TPSA) is 62.7 Å². The monoisotopic (exact) mass is 320 g/mol. The molecule has 0 aliphatic heterocycles. The van der Waals surface area contributed by atoms with Gasteiger partial charge in [-0.1, -0.05) is 12.1 Å². The van der Waals surface area contributed by atoms with E-state index in [9.17, 15) is 4.79 Å². The zero-order valence-corrected chi connectivity index (χ0v) is 13.8. The summed E-state index contributed by atoms with van der Waals surface area (Å²) in [6, 6.07) is 7.09. The van der Waals surface area contributed by atoms with Crippen LogP contribution in [0.1, 0.15) is 25.1 Å². The number of benzene rings is 1. The van der Waals surface area contributed by atoms with E-state index in [0.29, 0.717) is 17.4 Å². The Morgan fingerprint density at radius 3 is 2.86 bits per heavy atom. The summed E-state index contributed by atoms with van der Waals surface area (Å²) in [5, 5.41) is 11.7. The Morgan fingerprint density at radius 1 is 1.50 bits per heavy atom. The van der Waals surface area contributed by atoms with Gasteiger partial charge in [0.05, 0.1) is 12.3 Å². The molecule has 1 N–H and O–H groups in total. The highest BCUT2D eigenvalue weighted by Crippen LogP contribution is 2.22. The summed E-state index contributed by atoms with van der Waals surface area (Å²) in [4.78, 5) is 18.5. The lowest BCUT2D eigenvalue weighted by Gasteiger charge is -2.22. The Hall–Kier alpha value is -1.92. The molecule has 1 aromatic heterocycles. The molecular weight excluding hydrogens is 300 g/mol. The summed E-state index contributed by atoms with van der Waals surface area (Å²) in [5.74, 6) is 0.435. The van der Waals surface area contributed by atoms with Crippen LogP contribution in [0.4, 0.5) is 5.13 Å². The molecule has 2 rings (SSSR count). The number of anilines is 1. The number of amides is 1. The molecule has 0 aliphatic carbocycles. The molecule has 1 aromatic carbocycles. The highest BCUT2D eigenvalue weighted by molar-refractivity contribution is 7.14. The van der Waals surface area contributed by atoms with Crippen molar-refractivity contribution in [2.75, 3.05) is 11.4 Å². The molecule has 0 saturated carbocycles. The molecule has 0 saturated heterocycles. The second kappa shape index (κ2) is 7.38. The minimum atomic E-state index is -0.627. The zero-order valence-electron chi connectivity index (χ0n) is 12.9. The number of carbonyl (C=O) groups excluding carboxylic acids is 1. The van der Waals surface area contributed by atoms with Crippen molar-refractivity contribution in [3.8, 4) is 5.75 Å². The van der Waals surface area contributed by atoms with Crippen LogP contribution in [0.15, 0.2) is 29.6 Å². The first-order chi connectivity index (χ1) is 10.5. The zero-order chi connectivity index (χ0) is 16.1. The molecule has 0 bridgehead atoms. The fourth-order valence-corrected chi connectivity index (χ4v) is 2.91. The van der Waals surface area contributed by atoms with Crippen molar-refractivity contribution >= 4 is 22.4 Å². The predicted octanol–water partition coefficient (Wildman–Crippen LogP) is 2.76. The number of ether oxygens (including phenoxy) is 1. The summed E-state index contributed by atoms with van der Waals surface area (Å²) in [7, 11) is 0. The Labute approximate surface area is 134 Å². The fourth-order valence-electron chi connectivity index (χ4n) is 2.04. The number of aliphatic hydroxyl groups excluding tert-OH is 1. The number of aliphatic hydroxyl groups is 1. The maximum atomic E-state index is 12.6. The standard InChI is InChI=1S/C16H20N2O3S/c1-4-18(16-17-11(2)10-22-16)15(20)12(3)21-14-7-5-6-13(8-14)9-19/h5-8,10,12,19H,4,9H2,1-3H3. The first kappa shape index (κ1) is 16.5. The molecule has 0 spiro atoms. The molecule has 1 heterocycles. The highest BCUT2D eigenvalue weighted by Gasteiger charge is 2.24. The minimum Gasteiger partial charge on any atom is -0.481 e. The quantitative estimate of drug-likeness (QED) is 0.889. The van der Waals surface area contributed by atoms with Gasteiger partial charge >= 0.3 is 0 Å². The third-order valence-electron chi connectivity index (χ3n) is 3.16. The van der Waals surface area contributed by atoms with Crippen molar-refractivity contribution < 1.29 is 14.6 Å². The Morgan fingerprint density at radius 2 is 2.27 bits per heavy atom. The van der Waals surface area contributed by atoms with E-state index in [1.165, 1.54) is 11.3 Å². The lowest BCUT2D eigenvalue weighted by molar-refractivity contribution is -0.124. The van der Waals surface area contributed by atoms with Crippen molar-refractivity contribution in [3.05, 3.63) is 40.9 Å². The van der Waals surface area contributed by atoms with E-state index in [0.717, 1.165) is 11.3 Å². The van der Waals surface area contributed by atoms with Gasteiger partial charge < -0.3 is 9.84 Å². The summed E-state index contributed by atoms with van der Waals surface area (Å²) in [5.41, 5.74) is 1.65. The van der Waals surface area contributed by atoms with Crippen molar-refractivity contribution in [3.63, 3.8) is 0 Å². The number of aromatic nitrogens is 1. The molecule has 2 aromatic rings. The average molecular weight is 320 g/mol. The van der Waals surface area contributed by atoms with Crippen LogP contribution in [-0.4, -0.2) is 28.6 Å². The van der Waals surface area contributed by atoms with Crippen LogP contribution in [-0.2, 0) is 11.4 Å². The highest BCUT2D eigenvalue weighted by atomic mass is 32.1. The maximum Gasteiger partial charge on any atom is 0.269 e. The van der Waals surface area contributed by atoms with E-state index in [2.05, 4.69) is 4.98 Å². The molecule has 0 fully saturated rings. The molecule has 1 unspecified atom stereocenters. The fraction of sp³-hybridized carbons (Fsp3) is 0.375. The van der Waals surface area contributed by atoms with E-state index in [4.69, 9.17) is 9.84 Å². The van der Waals surface area contributed by atoms with Crippen molar-refractivity contribution in [1.29, 1.82) is 0 Å². The van der Waals surface area contributed by atoms with Gasteiger partial charge in [0.25, 0.3) is 5.91 Å². The summed E-state index contributed by atoms with van der Waals surface area (Å²) in [6.45, 7) is 6.01. The first-order valence-corrected chi connectivity index (χ1v) is 8.03. The second-order valence-corrected chi connectivity index (χ2v) is 5.76. The van der Waals surface area contributed by atoms with E-state index < -0.39 is 6.10 Å². The van der Waals surface area contributed by atoms with Gasteiger partial charge in [-0.15, -0.1) is 11.3 Å². The number of nitrogens with zero attached hydrogens (tertiary/aromatic N) is 2. The molecule has 6 heteroatoms. The van der Waals surface area contributed by atoms with Gasteiger partial charge in [0.2, 0.25) is 0 Å². The summed E-state index contributed by atoms with van der Waals surface area (Å²) >= 11 is 1.45. The summed E-state index contributed by atoms with van der Waals surface area (Å²) < 4.78 is 5.70. The van der Waals surface area contributed by atoms with Crippen molar-refractivity contribution in [1.82, 2.24) is 4.98 Å². The van der Waals surface area contributed by atoms with E-state index >= 15 is 0 Å². The number of thiazole rings is 1. The smallest absolute Gasteiger partial charge is 0.269 e. The number of hydrogen-bond acceptors (Lipinski definition) is 5. The van der Waals surface area contributed by atoms with Gasteiger partial charge in [0, 0.05) is 11.9 Å². The number of rotatable bonds is 6. The normalized spacial score (nSPS) is 12.0. The van der Waals surface area contributed by atoms with Crippen LogP contribution >= 0.6 is 11.3 Å². The second-order valence-electron chi connectivity index (χ2n) is 4.92. The minimum absolute atomic E-state index is 0.0565. The van der Waals surface area contributed by atoms with Crippen LogP contribution < -0.4 is 9.64 Å². The Kier molecular flexibility index (Phi) is 5.51. The van der Waals surface area contributed by atoms with Crippen molar-refractivity contribution in [2.24, 2.45) is 0 Å². The van der Waals surface area contributed by atoms with Crippen LogP contribution in [0.25, 0.3) is 0 Å². The number of carbonyl (C=O) groups is 1. The number of aryl methyl sites for hydroxylation is 1. The van der Waals surface area contributed by atoms with Crippen LogP contribution in [0.3, 0.4) is 0 Å². The van der Waals surface area contributed by atoms with E-state index in [1.807, 2.05) is 19.2 Å². The van der Waals surface area contributed by atoms with Crippen LogP contribution in [0.5, 0.6) is 5.75 Å². The molecule has 1 amide bonds. The Balaban J connectivity index is 2.10. The maximum absolute atomic E-state index is 12.6. The Bertz CT molecular complexity index is 642. The third-order valence-corrected chi connectivity index (χ3v) is 4.14. The summed E-state index contributed by atoms with van der Waals surface area (Å²) in [6.07, 6.45) is -0.627. The SMILES string of the molecule is CCN(C(=O)C(C)Oc1cccc(CO)c1)c1nc(C)cs1. The first-order valence-electron chi connectivity index (χ1n) is 7.15. The molecule has 1 atom stereocenters. The largest absolute Gasteiger partial charge is 0.481 e. The van der Waals surface area contributed by atoms with Crippen molar-refractivity contribution in [2.45, 2.75) is 33.5 Å². The van der Waals surface area contributed by atoms with Gasteiger partial charge in [0.1, 0.15) is 5.75 Å². The van der Waals surface area contributed by atoms with Gasteiger partial charge in [-0.25, -0.2) is 4.98 Å². The third kappa shape index (κ3) is 3.84. The molecule has 0 aliphatic rings. The van der Waals surface area contributed by atoms with Gasteiger partial charge in [-0.05, 0) is 38.5 Å². The van der Waals surface area contributed by atoms with Gasteiger partial charge in [-0.2, -0.15) is 0 Å². The van der Waals surface area contributed by atoms with Crippen LogP contribution in [0.2, 0.25) is 0 Å². The number of hydrogen-bond donors (Lipinski definition) is 1. The predicted molar refractivity (Wildman–Crippen MR) is 87.3 cm³/mol. The lowest BCUT2D eigenvalue weighted by Crippen LogP contribution is -2.40. The number of likely N-dealkylation sites (N-methyl/N-ethyl adjacent to an activating group) is 1. The van der Waals surface area contributed by atoms with E-state index in [-0.39, 0.29) is 12.5 Å². The van der Waals surface area contributed by atoms with E-state index in [1.54, 1.807) is 36.1 Å². The lowest BCUT2D eigenvalue weighted by atomic mass is 10.2.